The molecule has 2 unspecified atom stereocenters. The van der Waals surface area contributed by atoms with Crippen LogP contribution in [0, 0.1) is 23.2 Å². The molecule has 0 bridgehead atoms. The lowest BCUT2D eigenvalue weighted by Gasteiger charge is -2.42. The summed E-state index contributed by atoms with van der Waals surface area (Å²) in [6.07, 6.45) is -1.74. The van der Waals surface area contributed by atoms with E-state index in [-0.39, 0.29) is 17.4 Å². The summed E-state index contributed by atoms with van der Waals surface area (Å²) in [5, 5.41) is 11.3. The van der Waals surface area contributed by atoms with E-state index < -0.39 is 53.7 Å². The quantitative estimate of drug-likeness (QED) is 0.448. The van der Waals surface area contributed by atoms with E-state index in [1.165, 1.54) is 13.8 Å². The van der Waals surface area contributed by atoms with E-state index in [0.29, 0.717) is 12.8 Å². The van der Waals surface area contributed by atoms with E-state index >= 15 is 0 Å². The Bertz CT molecular complexity index is 656. The van der Waals surface area contributed by atoms with Crippen LogP contribution in [0.15, 0.2) is 12.2 Å². The number of aliphatic hydroxyl groups is 1. The Kier molecular flexibility index (Phi) is 4.63. The highest BCUT2D eigenvalue weighted by molar-refractivity contribution is 5.91. The summed E-state index contributed by atoms with van der Waals surface area (Å²) < 4.78 is 16.5. The number of rotatable bonds is 2. The third-order valence-electron chi connectivity index (χ3n) is 6.40. The van der Waals surface area contributed by atoms with Gasteiger partial charge in [0.25, 0.3) is 0 Å². The number of carbonyl (C=O) groups is 3. The van der Waals surface area contributed by atoms with Crippen LogP contribution in [0.5, 0.6) is 0 Å². The SMILES string of the molecule is C=C1C(=O)O[C@H]2C[C@H](C)[C@@H]3C(OC(C)=O)CC(OC(C)=O)[C@@]3(C)[C@@H](O)[C@H]12. The normalized spacial score (nSPS) is 44.6. The van der Waals surface area contributed by atoms with E-state index in [1.807, 2.05) is 13.8 Å². The average molecular weight is 366 g/mol. The zero-order valence-electron chi connectivity index (χ0n) is 15.6. The van der Waals surface area contributed by atoms with Gasteiger partial charge in [0.2, 0.25) is 0 Å². The van der Waals surface area contributed by atoms with Crippen LogP contribution in [-0.2, 0) is 28.6 Å². The molecule has 1 N–H and O–H groups in total. The van der Waals surface area contributed by atoms with Crippen LogP contribution < -0.4 is 0 Å². The molecule has 26 heavy (non-hydrogen) atoms. The summed E-state index contributed by atoms with van der Waals surface area (Å²) in [6, 6.07) is 0. The van der Waals surface area contributed by atoms with Crippen molar-refractivity contribution in [2.75, 3.05) is 0 Å². The summed E-state index contributed by atoms with van der Waals surface area (Å²) in [7, 11) is 0. The second-order valence-electron chi connectivity index (χ2n) is 8.03. The van der Waals surface area contributed by atoms with Gasteiger partial charge in [0.15, 0.2) is 0 Å². The first-order chi connectivity index (χ1) is 12.1. The maximum atomic E-state index is 12.0. The Morgan fingerprint density at radius 3 is 2.42 bits per heavy atom. The first kappa shape index (κ1) is 18.9. The Morgan fingerprint density at radius 1 is 1.23 bits per heavy atom. The fourth-order valence-corrected chi connectivity index (χ4v) is 5.44. The molecule has 2 aliphatic carbocycles. The molecule has 7 nitrogen and oxygen atoms in total. The minimum absolute atomic E-state index is 0.0201. The largest absolute Gasteiger partial charge is 0.462 e. The molecule has 0 aromatic rings. The molecule has 3 aliphatic rings. The molecule has 0 aromatic heterocycles. The van der Waals surface area contributed by atoms with Crippen LogP contribution >= 0.6 is 0 Å². The standard InChI is InChI=1S/C19H26O7/c1-8-6-12-15(9(2)18(23)26-12)17(22)19(5)14(25-11(4)21)7-13(16(8)19)24-10(3)20/h8,12-17,22H,2,6-7H2,1,3-5H3/t8-,12-,13?,14?,15+,16+,17-,19+/m0/s1. The number of aliphatic hydroxyl groups excluding tert-OH is 1. The van der Waals surface area contributed by atoms with Gasteiger partial charge in [-0.2, -0.15) is 0 Å². The van der Waals surface area contributed by atoms with Crippen LogP contribution in [0.2, 0.25) is 0 Å². The van der Waals surface area contributed by atoms with E-state index in [1.54, 1.807) is 0 Å². The fraction of sp³-hybridized carbons (Fsp3) is 0.737. The highest BCUT2D eigenvalue weighted by Crippen LogP contribution is 2.58. The van der Waals surface area contributed by atoms with Gasteiger partial charge in [-0.15, -0.1) is 0 Å². The monoisotopic (exact) mass is 366 g/mol. The molecule has 8 atom stereocenters. The van der Waals surface area contributed by atoms with Gasteiger partial charge in [-0.25, -0.2) is 4.79 Å². The summed E-state index contributed by atoms with van der Waals surface area (Å²) in [5.74, 6) is -2.18. The topological polar surface area (TPSA) is 99.1 Å². The molecule has 0 aromatic carbocycles. The molecule has 1 saturated heterocycles. The van der Waals surface area contributed by atoms with E-state index in [4.69, 9.17) is 14.2 Å². The Hall–Kier alpha value is -1.89. The minimum Gasteiger partial charge on any atom is -0.462 e. The van der Waals surface area contributed by atoms with Crippen molar-refractivity contribution in [3.05, 3.63) is 12.2 Å². The maximum Gasteiger partial charge on any atom is 0.334 e. The van der Waals surface area contributed by atoms with Crippen LogP contribution in [0.25, 0.3) is 0 Å². The highest BCUT2D eigenvalue weighted by Gasteiger charge is 2.66. The lowest BCUT2D eigenvalue weighted by Crippen LogP contribution is -2.50. The second kappa shape index (κ2) is 6.37. The maximum absolute atomic E-state index is 12.0. The average Bonchev–Trinajstić information content (AvgIpc) is 2.90. The number of fused-ring (bicyclic) bond motifs is 2. The molecule has 3 rings (SSSR count). The van der Waals surface area contributed by atoms with Gasteiger partial charge >= 0.3 is 17.9 Å². The van der Waals surface area contributed by atoms with Gasteiger partial charge in [0.1, 0.15) is 18.3 Å². The third-order valence-corrected chi connectivity index (χ3v) is 6.40. The van der Waals surface area contributed by atoms with Crippen LogP contribution in [-0.4, -0.2) is 47.4 Å². The Balaban J connectivity index is 2.06. The van der Waals surface area contributed by atoms with Crippen molar-refractivity contribution in [1.82, 2.24) is 0 Å². The van der Waals surface area contributed by atoms with Crippen LogP contribution in [0.4, 0.5) is 0 Å². The van der Waals surface area contributed by atoms with Gasteiger partial charge in [-0.05, 0) is 12.3 Å². The van der Waals surface area contributed by atoms with Gasteiger partial charge in [-0.3, -0.25) is 9.59 Å². The summed E-state index contributed by atoms with van der Waals surface area (Å²) >= 11 is 0. The molecule has 0 spiro atoms. The first-order valence-corrected chi connectivity index (χ1v) is 8.99. The smallest absolute Gasteiger partial charge is 0.334 e. The Labute approximate surface area is 152 Å². The van der Waals surface area contributed by atoms with Crippen molar-refractivity contribution < 1.29 is 33.7 Å². The lowest BCUT2D eigenvalue weighted by atomic mass is 9.67. The Morgan fingerprint density at radius 2 is 1.85 bits per heavy atom. The van der Waals surface area contributed by atoms with Gasteiger partial charge in [0.05, 0.1) is 12.0 Å². The van der Waals surface area contributed by atoms with E-state index in [9.17, 15) is 19.5 Å². The fourth-order valence-electron chi connectivity index (χ4n) is 5.44. The van der Waals surface area contributed by atoms with Crippen molar-refractivity contribution in [2.45, 2.75) is 65.0 Å². The molecule has 1 aliphatic heterocycles. The van der Waals surface area contributed by atoms with Crippen LogP contribution in [0.1, 0.15) is 40.5 Å². The van der Waals surface area contributed by atoms with Crippen LogP contribution in [0.3, 0.4) is 0 Å². The van der Waals surface area contributed by atoms with Crippen molar-refractivity contribution in [2.24, 2.45) is 23.2 Å². The predicted molar refractivity (Wildman–Crippen MR) is 89.6 cm³/mol. The second-order valence-corrected chi connectivity index (χ2v) is 8.03. The van der Waals surface area contributed by atoms with Crippen molar-refractivity contribution in [3.8, 4) is 0 Å². The minimum atomic E-state index is -1.01. The number of hydrogen-bond donors (Lipinski definition) is 1. The molecular weight excluding hydrogens is 340 g/mol. The predicted octanol–water partition coefficient (Wildman–Crippen LogP) is 1.37. The molecule has 7 heteroatoms. The van der Waals surface area contributed by atoms with Gasteiger partial charge < -0.3 is 19.3 Å². The van der Waals surface area contributed by atoms with Gasteiger partial charge in [0, 0.05) is 37.2 Å². The molecule has 3 fully saturated rings. The van der Waals surface area contributed by atoms with E-state index in [0.717, 1.165) is 0 Å². The van der Waals surface area contributed by atoms with E-state index in [2.05, 4.69) is 6.58 Å². The molecular formula is C19H26O7. The summed E-state index contributed by atoms with van der Waals surface area (Å²) in [5.41, 5.74) is -0.643. The van der Waals surface area contributed by atoms with Gasteiger partial charge in [-0.1, -0.05) is 20.4 Å². The molecule has 2 saturated carbocycles. The number of hydrogen-bond acceptors (Lipinski definition) is 7. The number of carbonyl (C=O) groups excluding carboxylic acids is 3. The molecule has 0 amide bonds. The third kappa shape index (κ3) is 2.73. The zero-order chi connectivity index (χ0) is 19.4. The number of esters is 3. The number of ether oxygens (including phenoxy) is 3. The zero-order valence-corrected chi connectivity index (χ0v) is 15.6. The molecule has 144 valence electrons. The summed E-state index contributed by atoms with van der Waals surface area (Å²) in [6.45, 7) is 10.3. The van der Waals surface area contributed by atoms with Crippen molar-refractivity contribution in [1.29, 1.82) is 0 Å². The highest BCUT2D eigenvalue weighted by atomic mass is 16.6. The van der Waals surface area contributed by atoms with Crippen molar-refractivity contribution >= 4 is 17.9 Å². The molecule has 1 heterocycles. The summed E-state index contributed by atoms with van der Waals surface area (Å²) in [4.78, 5) is 35.2. The molecule has 0 radical (unpaired) electrons. The first-order valence-electron chi connectivity index (χ1n) is 8.99. The lowest BCUT2D eigenvalue weighted by molar-refractivity contribution is -0.162. The van der Waals surface area contributed by atoms with Crippen molar-refractivity contribution in [3.63, 3.8) is 0 Å².